The number of nitrogens with one attached hydrogen (secondary N) is 1. The normalized spacial score (nSPS) is 11.8. The fourth-order valence-corrected chi connectivity index (χ4v) is 4.85. The zero-order chi connectivity index (χ0) is 30.1. The van der Waals surface area contributed by atoms with Crippen LogP contribution in [-0.4, -0.2) is 40.0 Å². The second-order valence-electron chi connectivity index (χ2n) is 9.58. The second kappa shape index (κ2) is 14.4. The van der Waals surface area contributed by atoms with E-state index in [1.54, 1.807) is 36.7 Å². The Balaban J connectivity index is 1.62. The second-order valence-corrected chi connectivity index (χ2v) is 10.6. The molecule has 1 atom stereocenters. The molecule has 216 valence electrons. The van der Waals surface area contributed by atoms with Crippen molar-refractivity contribution in [2.45, 2.75) is 26.0 Å². The van der Waals surface area contributed by atoms with Gasteiger partial charge in [-0.3, -0.25) is 9.78 Å². The number of halogens is 2. The summed E-state index contributed by atoms with van der Waals surface area (Å²) >= 11 is 1.52. The molecule has 0 fully saturated rings. The summed E-state index contributed by atoms with van der Waals surface area (Å²) in [6.07, 6.45) is 9.01. The summed E-state index contributed by atoms with van der Waals surface area (Å²) in [5.74, 6) is -1.82. The summed E-state index contributed by atoms with van der Waals surface area (Å²) in [6.45, 7) is 1.91. The van der Waals surface area contributed by atoms with E-state index >= 15 is 0 Å². The third-order valence-corrected chi connectivity index (χ3v) is 7.16. The van der Waals surface area contributed by atoms with E-state index in [1.165, 1.54) is 23.9 Å². The van der Waals surface area contributed by atoms with Gasteiger partial charge >= 0.3 is 5.97 Å². The van der Waals surface area contributed by atoms with E-state index in [0.717, 1.165) is 22.8 Å². The topological polar surface area (TPSA) is 88.5 Å². The summed E-state index contributed by atoms with van der Waals surface area (Å²) in [7, 11) is 0. The smallest absolute Gasteiger partial charge is 0.326 e. The Labute approximate surface area is 247 Å². The van der Waals surface area contributed by atoms with Gasteiger partial charge in [0.25, 0.3) is 5.91 Å². The number of amides is 1. The largest absolute Gasteiger partial charge is 0.488 e. The lowest BCUT2D eigenvalue weighted by Gasteiger charge is -2.17. The third-order valence-electron chi connectivity index (χ3n) is 6.52. The molecular weight excluding hydrogens is 558 g/mol. The van der Waals surface area contributed by atoms with Gasteiger partial charge in [-0.2, -0.15) is 11.8 Å². The van der Waals surface area contributed by atoms with Crippen LogP contribution in [0, 0.1) is 18.6 Å². The number of aromatic nitrogens is 1. The van der Waals surface area contributed by atoms with Crippen LogP contribution in [-0.2, 0) is 11.4 Å². The first-order chi connectivity index (χ1) is 20.2. The molecule has 0 bridgehead atoms. The molecule has 0 spiro atoms. The number of hydrogen-bond acceptors (Lipinski definition) is 5. The van der Waals surface area contributed by atoms with Crippen molar-refractivity contribution in [3.63, 3.8) is 0 Å². The van der Waals surface area contributed by atoms with Gasteiger partial charge in [0.2, 0.25) is 0 Å². The molecular formula is C33H30F2N2O4S. The first-order valence-corrected chi connectivity index (χ1v) is 14.6. The lowest BCUT2D eigenvalue weighted by molar-refractivity contribution is -0.139. The van der Waals surface area contributed by atoms with Crippen molar-refractivity contribution in [2.24, 2.45) is 0 Å². The molecule has 0 aliphatic rings. The number of carboxylic acids is 1. The Hall–Kier alpha value is -4.50. The Bertz CT molecular complexity index is 1590. The molecule has 42 heavy (non-hydrogen) atoms. The minimum absolute atomic E-state index is 0.0327. The maximum atomic E-state index is 13.6. The van der Waals surface area contributed by atoms with E-state index in [2.05, 4.69) is 10.3 Å². The molecule has 0 saturated heterocycles. The lowest BCUT2D eigenvalue weighted by Crippen LogP contribution is -2.41. The monoisotopic (exact) mass is 588 g/mol. The van der Waals surface area contributed by atoms with E-state index < -0.39 is 29.6 Å². The zero-order valence-corrected chi connectivity index (χ0v) is 24.0. The molecule has 4 rings (SSSR count). The summed E-state index contributed by atoms with van der Waals surface area (Å²) < 4.78 is 33.0. The van der Waals surface area contributed by atoms with Gasteiger partial charge in [-0.15, -0.1) is 0 Å². The first-order valence-electron chi connectivity index (χ1n) is 13.2. The highest BCUT2D eigenvalue weighted by molar-refractivity contribution is 7.98. The van der Waals surface area contributed by atoms with Crippen molar-refractivity contribution >= 4 is 35.8 Å². The standard InChI is InChI=1S/C33H30F2N2O4S/c1-21-5-3-4-6-27(21)29-17-22(8-10-28(29)32(38)37-30(33(39)40)12-14-42-2)7-9-24-19-36-13-11-31(24)41-20-23-15-25(34)18-26(35)16-23/h3-11,13,15-19,30H,12,14,20H2,1-2H3,(H,37,38)(H,39,40)/b9-7+/t30-/m0/s1. The highest BCUT2D eigenvalue weighted by atomic mass is 32.2. The molecule has 4 aromatic rings. The molecule has 0 saturated carbocycles. The average molecular weight is 589 g/mol. The summed E-state index contributed by atoms with van der Waals surface area (Å²) in [5, 5.41) is 12.3. The van der Waals surface area contributed by atoms with Crippen molar-refractivity contribution in [3.05, 3.63) is 119 Å². The molecule has 1 aromatic heterocycles. The number of thioether (sulfide) groups is 1. The number of hydrogen-bond donors (Lipinski definition) is 2. The molecule has 1 amide bonds. The summed E-state index contributed by atoms with van der Waals surface area (Å²) in [4.78, 5) is 29.2. The van der Waals surface area contributed by atoms with E-state index in [-0.39, 0.29) is 6.61 Å². The molecule has 3 aromatic carbocycles. The molecule has 9 heteroatoms. The number of ether oxygens (including phenoxy) is 1. The van der Waals surface area contributed by atoms with Crippen molar-refractivity contribution in [1.82, 2.24) is 10.3 Å². The number of aliphatic carboxylic acids is 1. The molecule has 6 nitrogen and oxygen atoms in total. The Morgan fingerprint density at radius 1 is 1.02 bits per heavy atom. The third kappa shape index (κ3) is 8.04. The van der Waals surface area contributed by atoms with Crippen molar-refractivity contribution in [3.8, 4) is 16.9 Å². The van der Waals surface area contributed by atoms with Crippen LogP contribution in [0.15, 0.2) is 79.1 Å². The van der Waals surface area contributed by atoms with Crippen LogP contribution in [0.5, 0.6) is 5.75 Å². The van der Waals surface area contributed by atoms with Gasteiger partial charge < -0.3 is 15.2 Å². The number of rotatable bonds is 12. The van der Waals surface area contributed by atoms with Crippen LogP contribution in [0.25, 0.3) is 23.3 Å². The number of pyridine rings is 1. The van der Waals surface area contributed by atoms with Gasteiger partial charge in [0, 0.05) is 29.6 Å². The van der Waals surface area contributed by atoms with E-state index in [9.17, 15) is 23.5 Å². The van der Waals surface area contributed by atoms with Gasteiger partial charge in [-0.1, -0.05) is 36.4 Å². The van der Waals surface area contributed by atoms with Gasteiger partial charge in [-0.25, -0.2) is 13.6 Å². The molecule has 0 radical (unpaired) electrons. The fraction of sp³-hybridized carbons (Fsp3) is 0.182. The number of carbonyl (C=O) groups excluding carboxylic acids is 1. The Morgan fingerprint density at radius 3 is 2.50 bits per heavy atom. The molecule has 0 unspecified atom stereocenters. The van der Waals surface area contributed by atoms with E-state index in [1.807, 2.05) is 49.6 Å². The minimum atomic E-state index is -1.08. The predicted octanol–water partition coefficient (Wildman–Crippen LogP) is 7.02. The van der Waals surface area contributed by atoms with Crippen molar-refractivity contribution < 1.29 is 28.2 Å². The Kier molecular flexibility index (Phi) is 10.4. The number of aryl methyl sites for hydroxylation is 1. The van der Waals surface area contributed by atoms with Gasteiger partial charge in [0.15, 0.2) is 0 Å². The highest BCUT2D eigenvalue weighted by Crippen LogP contribution is 2.30. The van der Waals surface area contributed by atoms with Crippen LogP contribution in [0.3, 0.4) is 0 Å². The van der Waals surface area contributed by atoms with E-state index in [0.29, 0.717) is 40.2 Å². The van der Waals surface area contributed by atoms with E-state index in [4.69, 9.17) is 4.74 Å². The van der Waals surface area contributed by atoms with Crippen LogP contribution >= 0.6 is 11.8 Å². The molecule has 0 aliphatic carbocycles. The van der Waals surface area contributed by atoms with Gasteiger partial charge in [0.05, 0.1) is 0 Å². The molecule has 2 N–H and O–H groups in total. The van der Waals surface area contributed by atoms with Crippen LogP contribution < -0.4 is 10.1 Å². The highest BCUT2D eigenvalue weighted by Gasteiger charge is 2.22. The first kappa shape index (κ1) is 30.5. The van der Waals surface area contributed by atoms with Crippen LogP contribution in [0.1, 0.15) is 39.0 Å². The quantitative estimate of drug-likeness (QED) is 0.185. The fourth-order valence-electron chi connectivity index (χ4n) is 4.38. The predicted molar refractivity (Wildman–Crippen MR) is 162 cm³/mol. The number of carbonyl (C=O) groups is 2. The SMILES string of the molecule is CSCC[C@H](NC(=O)c1ccc(/C=C/c2cnccc2OCc2cc(F)cc(F)c2)cc1-c1ccccc1C)C(=O)O. The summed E-state index contributed by atoms with van der Waals surface area (Å²) in [5.41, 5.74) is 4.62. The minimum Gasteiger partial charge on any atom is -0.488 e. The van der Waals surface area contributed by atoms with Gasteiger partial charge in [0.1, 0.15) is 30.0 Å². The maximum Gasteiger partial charge on any atom is 0.326 e. The molecule has 0 aliphatic heterocycles. The van der Waals surface area contributed by atoms with Gasteiger partial charge in [-0.05, 0) is 89.6 Å². The zero-order valence-electron chi connectivity index (χ0n) is 23.1. The van der Waals surface area contributed by atoms with Crippen LogP contribution in [0.2, 0.25) is 0 Å². The molecule has 1 heterocycles. The Morgan fingerprint density at radius 2 is 1.79 bits per heavy atom. The number of benzene rings is 3. The maximum absolute atomic E-state index is 13.6. The lowest BCUT2D eigenvalue weighted by atomic mass is 9.93. The van der Waals surface area contributed by atoms with Crippen molar-refractivity contribution in [2.75, 3.05) is 12.0 Å². The number of carboxylic acid groups (broad SMARTS) is 1. The average Bonchev–Trinajstić information content (AvgIpc) is 2.97. The number of nitrogens with zero attached hydrogens (tertiary/aromatic N) is 1. The van der Waals surface area contributed by atoms with Crippen molar-refractivity contribution in [1.29, 1.82) is 0 Å². The van der Waals surface area contributed by atoms with Crippen LogP contribution in [0.4, 0.5) is 8.78 Å². The summed E-state index contributed by atoms with van der Waals surface area (Å²) in [6, 6.07) is 16.9.